The molecule has 2 saturated carbocycles. The van der Waals surface area contributed by atoms with Crippen molar-refractivity contribution in [2.75, 3.05) is 10.6 Å². The fourth-order valence-corrected chi connectivity index (χ4v) is 6.88. The quantitative estimate of drug-likeness (QED) is 0.309. The van der Waals surface area contributed by atoms with E-state index in [1.54, 1.807) is 30.3 Å². The summed E-state index contributed by atoms with van der Waals surface area (Å²) in [5.41, 5.74) is 3.87. The molecule has 5 rings (SSSR count). The van der Waals surface area contributed by atoms with Gasteiger partial charge in [-0.1, -0.05) is 43.6 Å². The van der Waals surface area contributed by atoms with E-state index in [0.29, 0.717) is 10.6 Å². The SMILES string of the molecule is CC1CC2CC(C1)CC(C)(c1ccc(Nc3ccc(C(=O)Nc4ccccc4C(=O)O)cc3)c(Cl)c1)C2. The summed E-state index contributed by atoms with van der Waals surface area (Å²) in [6, 6.07) is 19.8. The first-order valence-corrected chi connectivity index (χ1v) is 13.4. The average molecular weight is 517 g/mol. The number of nitrogens with one attached hydrogen (secondary N) is 2. The van der Waals surface area contributed by atoms with Gasteiger partial charge in [0.1, 0.15) is 0 Å². The Morgan fingerprint density at radius 2 is 1.59 bits per heavy atom. The van der Waals surface area contributed by atoms with Gasteiger partial charge in [-0.05, 0) is 109 Å². The Labute approximate surface area is 223 Å². The normalized spacial score (nSPS) is 24.8. The van der Waals surface area contributed by atoms with Gasteiger partial charge in [-0.3, -0.25) is 4.79 Å². The Balaban J connectivity index is 1.26. The second-order valence-electron chi connectivity index (χ2n) is 11.2. The molecule has 192 valence electrons. The van der Waals surface area contributed by atoms with E-state index in [1.807, 2.05) is 12.1 Å². The molecule has 2 bridgehead atoms. The molecule has 3 aromatic carbocycles. The number of fused-ring (bicyclic) bond motifs is 2. The molecule has 2 atom stereocenters. The van der Waals surface area contributed by atoms with Crippen molar-refractivity contribution in [1.29, 1.82) is 0 Å². The smallest absolute Gasteiger partial charge is 0.337 e. The van der Waals surface area contributed by atoms with E-state index in [0.717, 1.165) is 29.1 Å². The van der Waals surface area contributed by atoms with E-state index in [2.05, 4.69) is 42.7 Å². The molecule has 2 fully saturated rings. The van der Waals surface area contributed by atoms with Gasteiger partial charge in [0.25, 0.3) is 5.91 Å². The van der Waals surface area contributed by atoms with Crippen LogP contribution >= 0.6 is 11.6 Å². The number of halogens is 1. The number of amides is 1. The van der Waals surface area contributed by atoms with Gasteiger partial charge in [0.15, 0.2) is 0 Å². The lowest BCUT2D eigenvalue weighted by atomic mass is 9.57. The van der Waals surface area contributed by atoms with E-state index in [9.17, 15) is 14.7 Å². The number of carbonyl (C=O) groups is 2. The zero-order valence-corrected chi connectivity index (χ0v) is 22.0. The van der Waals surface area contributed by atoms with E-state index >= 15 is 0 Å². The summed E-state index contributed by atoms with van der Waals surface area (Å²) >= 11 is 6.74. The van der Waals surface area contributed by atoms with Crippen molar-refractivity contribution in [3.8, 4) is 0 Å². The Hall–Kier alpha value is -3.31. The highest BCUT2D eigenvalue weighted by molar-refractivity contribution is 6.33. The first kappa shape index (κ1) is 25.3. The molecule has 0 aliphatic heterocycles. The summed E-state index contributed by atoms with van der Waals surface area (Å²) in [5.74, 6) is 1.02. The second-order valence-corrected chi connectivity index (χ2v) is 11.6. The third kappa shape index (κ3) is 5.52. The molecule has 2 aliphatic rings. The summed E-state index contributed by atoms with van der Waals surface area (Å²) in [4.78, 5) is 24.1. The first-order chi connectivity index (χ1) is 17.7. The van der Waals surface area contributed by atoms with Gasteiger partial charge in [0, 0.05) is 11.3 Å². The number of aromatic carboxylic acids is 1. The zero-order chi connectivity index (χ0) is 26.2. The molecule has 1 amide bonds. The minimum absolute atomic E-state index is 0.0482. The molecular formula is C31H33ClN2O3. The zero-order valence-electron chi connectivity index (χ0n) is 21.3. The van der Waals surface area contributed by atoms with E-state index in [1.165, 1.54) is 43.7 Å². The third-order valence-corrected chi connectivity index (χ3v) is 8.43. The van der Waals surface area contributed by atoms with Gasteiger partial charge in [0.2, 0.25) is 0 Å². The van der Waals surface area contributed by atoms with E-state index in [-0.39, 0.29) is 22.6 Å². The highest BCUT2D eigenvalue weighted by atomic mass is 35.5. The van der Waals surface area contributed by atoms with Crippen LogP contribution in [0.4, 0.5) is 17.1 Å². The summed E-state index contributed by atoms with van der Waals surface area (Å²) in [7, 11) is 0. The van der Waals surface area contributed by atoms with Gasteiger partial charge in [-0.2, -0.15) is 0 Å². The molecular weight excluding hydrogens is 484 g/mol. The number of hydrogen-bond acceptors (Lipinski definition) is 3. The lowest BCUT2D eigenvalue weighted by Gasteiger charge is -2.47. The van der Waals surface area contributed by atoms with Crippen molar-refractivity contribution < 1.29 is 14.7 Å². The number of rotatable bonds is 6. The molecule has 0 saturated heterocycles. The molecule has 0 radical (unpaired) electrons. The number of hydrogen-bond donors (Lipinski definition) is 3. The lowest BCUT2D eigenvalue weighted by molar-refractivity contribution is 0.0698. The van der Waals surface area contributed by atoms with Crippen molar-refractivity contribution in [3.63, 3.8) is 0 Å². The summed E-state index contributed by atoms with van der Waals surface area (Å²) < 4.78 is 0. The fourth-order valence-electron chi connectivity index (χ4n) is 6.65. The minimum Gasteiger partial charge on any atom is -0.478 e. The third-order valence-electron chi connectivity index (χ3n) is 8.11. The molecule has 5 nitrogen and oxygen atoms in total. The molecule has 3 N–H and O–H groups in total. The van der Waals surface area contributed by atoms with Crippen LogP contribution in [0.15, 0.2) is 66.7 Å². The van der Waals surface area contributed by atoms with Crippen LogP contribution in [0.5, 0.6) is 0 Å². The lowest BCUT2D eigenvalue weighted by Crippen LogP contribution is -2.38. The number of carboxylic acids is 1. The number of benzene rings is 3. The van der Waals surface area contributed by atoms with Crippen molar-refractivity contribution in [2.24, 2.45) is 17.8 Å². The highest BCUT2D eigenvalue weighted by Crippen LogP contribution is 2.51. The largest absolute Gasteiger partial charge is 0.478 e. The average Bonchev–Trinajstić information content (AvgIpc) is 2.85. The van der Waals surface area contributed by atoms with E-state index < -0.39 is 5.97 Å². The van der Waals surface area contributed by atoms with Crippen LogP contribution in [0.3, 0.4) is 0 Å². The number of carbonyl (C=O) groups excluding carboxylic acids is 1. The Kier molecular flexibility index (Phi) is 7.00. The van der Waals surface area contributed by atoms with Crippen LogP contribution < -0.4 is 10.6 Å². The summed E-state index contributed by atoms with van der Waals surface area (Å²) in [6.07, 6.45) is 6.54. The maximum Gasteiger partial charge on any atom is 0.337 e. The monoisotopic (exact) mass is 516 g/mol. The fraction of sp³-hybridized carbons (Fsp3) is 0.355. The standard InChI is InChI=1S/C31H33ClN2O3/c1-19-13-20-15-21(14-19)18-31(2,17-20)23-9-12-28(26(32)16-23)33-24-10-7-22(8-11-24)29(35)34-27-6-4-3-5-25(27)30(36)37/h3-12,16,19-21,33H,13-15,17-18H2,1-2H3,(H,34,35)(H,36,37). The summed E-state index contributed by atoms with van der Waals surface area (Å²) in [5, 5.41) is 16.1. The summed E-state index contributed by atoms with van der Waals surface area (Å²) in [6.45, 7) is 4.80. The van der Waals surface area contributed by atoms with Crippen LogP contribution in [-0.4, -0.2) is 17.0 Å². The molecule has 2 unspecified atom stereocenters. The predicted octanol–water partition coefficient (Wildman–Crippen LogP) is 8.14. The first-order valence-electron chi connectivity index (χ1n) is 13.0. The molecule has 37 heavy (non-hydrogen) atoms. The minimum atomic E-state index is -1.09. The van der Waals surface area contributed by atoms with Crippen molar-refractivity contribution in [1.82, 2.24) is 0 Å². The molecule has 6 heteroatoms. The maximum atomic E-state index is 12.7. The van der Waals surface area contributed by atoms with Crippen LogP contribution in [-0.2, 0) is 5.41 Å². The molecule has 3 aromatic rings. The van der Waals surface area contributed by atoms with Crippen LogP contribution in [0, 0.1) is 17.8 Å². The molecule has 0 heterocycles. The number of para-hydroxylation sites is 1. The Morgan fingerprint density at radius 3 is 2.24 bits per heavy atom. The Morgan fingerprint density at radius 1 is 0.919 bits per heavy atom. The topological polar surface area (TPSA) is 78.4 Å². The van der Waals surface area contributed by atoms with Crippen LogP contribution in [0.2, 0.25) is 5.02 Å². The van der Waals surface area contributed by atoms with Gasteiger partial charge in [-0.15, -0.1) is 0 Å². The van der Waals surface area contributed by atoms with Gasteiger partial charge < -0.3 is 15.7 Å². The molecule has 0 aromatic heterocycles. The van der Waals surface area contributed by atoms with Gasteiger partial charge in [-0.25, -0.2) is 4.79 Å². The second kappa shape index (κ2) is 10.2. The Bertz CT molecular complexity index is 1300. The van der Waals surface area contributed by atoms with Crippen molar-refractivity contribution in [2.45, 2.75) is 51.4 Å². The van der Waals surface area contributed by atoms with Gasteiger partial charge in [0.05, 0.1) is 22.0 Å². The molecule has 2 aliphatic carbocycles. The number of anilines is 3. The van der Waals surface area contributed by atoms with Crippen molar-refractivity contribution in [3.05, 3.63) is 88.4 Å². The predicted molar refractivity (Wildman–Crippen MR) is 149 cm³/mol. The maximum absolute atomic E-state index is 12.7. The van der Waals surface area contributed by atoms with Gasteiger partial charge >= 0.3 is 5.97 Å². The number of carboxylic acid groups (broad SMARTS) is 1. The van der Waals surface area contributed by atoms with Crippen LogP contribution in [0.25, 0.3) is 0 Å². The van der Waals surface area contributed by atoms with Crippen molar-refractivity contribution >= 4 is 40.5 Å². The molecule has 0 spiro atoms. The highest BCUT2D eigenvalue weighted by Gasteiger charge is 2.41. The van der Waals surface area contributed by atoms with Crippen LogP contribution in [0.1, 0.15) is 72.2 Å². The van der Waals surface area contributed by atoms with E-state index in [4.69, 9.17) is 11.6 Å².